The fourth-order valence-corrected chi connectivity index (χ4v) is 4.09. The Morgan fingerprint density at radius 2 is 1.71 bits per heavy atom. The summed E-state index contributed by atoms with van der Waals surface area (Å²) in [5.74, 6) is -2.69. The fourth-order valence-electron chi connectivity index (χ4n) is 4.09. The molecule has 0 fully saturated rings. The Hall–Kier alpha value is -6.19. The number of aromatic nitrogens is 3. The zero-order valence-corrected chi connectivity index (χ0v) is 24.3. The number of esters is 1. The van der Waals surface area contributed by atoms with Crippen molar-refractivity contribution >= 4 is 52.4 Å². The molecule has 0 saturated carbocycles. The predicted molar refractivity (Wildman–Crippen MR) is 161 cm³/mol. The van der Waals surface area contributed by atoms with E-state index in [1.54, 1.807) is 50.4 Å². The van der Waals surface area contributed by atoms with Gasteiger partial charge < -0.3 is 35.8 Å². The van der Waals surface area contributed by atoms with Crippen LogP contribution in [-0.2, 0) is 25.7 Å². The van der Waals surface area contributed by atoms with Crippen LogP contribution in [0.5, 0.6) is 5.75 Å². The molecule has 0 atom stereocenters. The maximum atomic E-state index is 12.3. The quantitative estimate of drug-likeness (QED) is 0.0463. The number of carboxylic acid groups (broad SMARTS) is 3. The highest BCUT2D eigenvalue weighted by atomic mass is 16.7. The number of anilines is 2. The first-order valence-electron chi connectivity index (χ1n) is 13.3. The molecule has 4 aromatic rings. The average Bonchev–Trinajstić information content (AvgIpc) is 3.37. The molecule has 0 saturated heterocycles. The Balaban J connectivity index is 0.000000838. The molecule has 236 valence electrons. The second kappa shape index (κ2) is 15.3. The number of nitrogens with two attached hydrogens (primary N) is 1. The summed E-state index contributed by atoms with van der Waals surface area (Å²) in [6, 6.07) is 15.9. The van der Waals surface area contributed by atoms with Crippen LogP contribution in [0.25, 0.3) is 11.0 Å². The number of amidine groups is 1. The minimum atomic E-state index is -1.82. The third-order valence-corrected chi connectivity index (χ3v) is 6.09. The summed E-state index contributed by atoms with van der Waals surface area (Å²) in [6.45, 7) is 4.28. The summed E-state index contributed by atoms with van der Waals surface area (Å²) >= 11 is 0. The minimum absolute atomic E-state index is 0.0224. The molecule has 45 heavy (non-hydrogen) atoms. The molecule has 16 nitrogen and oxygen atoms in total. The van der Waals surface area contributed by atoms with Crippen LogP contribution < -0.4 is 20.8 Å². The van der Waals surface area contributed by atoms with Gasteiger partial charge in [0.05, 0.1) is 37.2 Å². The molecular formula is C29H31N7O9. The lowest BCUT2D eigenvalue weighted by Crippen LogP contribution is -2.34. The van der Waals surface area contributed by atoms with Gasteiger partial charge in [-0.3, -0.25) is 15.2 Å². The number of aryl methyl sites for hydroxylation is 1. The number of benzene rings is 2. The SMILES string of the molecule is CCOC(=O)CCN(c1ccccn1)n1c(CNc2ccc(C(=N)N)cc2)nc2c(C)c(OC(=O)O)ccc21.O=C(O)C(=O)O. The van der Waals surface area contributed by atoms with Crippen molar-refractivity contribution in [1.29, 1.82) is 5.41 Å². The van der Waals surface area contributed by atoms with Gasteiger partial charge in [0.2, 0.25) is 0 Å². The van der Waals surface area contributed by atoms with Crippen molar-refractivity contribution in [3.05, 3.63) is 77.7 Å². The standard InChI is InChI=1S/C27H29N7O5.C2H2O4/c1-3-38-24(35)13-15-33(22-6-4-5-14-30-22)34-20-11-12-21(39-27(36)37)17(2)25(20)32-23(34)16-31-19-9-7-18(8-10-19)26(28)29;3-1(4)2(5)6/h4-12,14,31H,3,13,15-16H2,1-2H3,(H3,28,29)(H,36,37);(H,3,4)(H,5,6). The number of carboxylic acids is 2. The second-order valence-corrected chi connectivity index (χ2v) is 9.09. The van der Waals surface area contributed by atoms with Crippen LogP contribution in [-0.4, -0.2) is 73.0 Å². The van der Waals surface area contributed by atoms with E-state index in [0.29, 0.717) is 33.8 Å². The van der Waals surface area contributed by atoms with E-state index in [0.717, 1.165) is 5.69 Å². The van der Waals surface area contributed by atoms with E-state index in [9.17, 15) is 9.59 Å². The van der Waals surface area contributed by atoms with E-state index in [1.807, 2.05) is 34.0 Å². The van der Waals surface area contributed by atoms with Crippen LogP contribution in [0.3, 0.4) is 0 Å². The lowest BCUT2D eigenvalue weighted by Gasteiger charge is -2.27. The average molecular weight is 622 g/mol. The zero-order valence-electron chi connectivity index (χ0n) is 24.3. The molecule has 0 aliphatic carbocycles. The molecular weight excluding hydrogens is 590 g/mol. The number of nitrogen functional groups attached to an aromatic ring is 1. The van der Waals surface area contributed by atoms with E-state index >= 15 is 0 Å². The van der Waals surface area contributed by atoms with E-state index in [1.165, 1.54) is 0 Å². The second-order valence-electron chi connectivity index (χ2n) is 9.09. The monoisotopic (exact) mass is 621 g/mol. The molecule has 0 aliphatic heterocycles. The van der Waals surface area contributed by atoms with Gasteiger partial charge in [0.1, 0.15) is 23.2 Å². The fraction of sp³-hybridized carbons (Fsp3) is 0.207. The van der Waals surface area contributed by atoms with Gasteiger partial charge in [-0.1, -0.05) is 6.07 Å². The van der Waals surface area contributed by atoms with E-state index in [2.05, 4.69) is 10.3 Å². The van der Waals surface area contributed by atoms with Gasteiger partial charge in [-0.05, 0) is 62.4 Å². The summed E-state index contributed by atoms with van der Waals surface area (Å²) in [5.41, 5.74) is 8.70. The highest BCUT2D eigenvalue weighted by Crippen LogP contribution is 2.30. The molecule has 2 aromatic heterocycles. The first-order chi connectivity index (χ1) is 21.4. The number of hydrogen-bond donors (Lipinski definition) is 6. The number of nitrogens with one attached hydrogen (secondary N) is 2. The van der Waals surface area contributed by atoms with Crippen LogP contribution >= 0.6 is 0 Å². The Bertz CT molecular complexity index is 1680. The Labute approximate surface area is 256 Å². The number of rotatable bonds is 11. The largest absolute Gasteiger partial charge is 0.511 e. The molecule has 2 aromatic carbocycles. The van der Waals surface area contributed by atoms with Crippen molar-refractivity contribution in [1.82, 2.24) is 14.6 Å². The smallest absolute Gasteiger partial charge is 0.473 e. The number of pyridine rings is 1. The Morgan fingerprint density at radius 1 is 1.02 bits per heavy atom. The predicted octanol–water partition coefficient (Wildman–Crippen LogP) is 3.07. The molecule has 0 radical (unpaired) electrons. The van der Waals surface area contributed by atoms with Crippen LogP contribution in [0.4, 0.5) is 16.3 Å². The topological polar surface area (TPSA) is 243 Å². The van der Waals surface area contributed by atoms with Crippen molar-refractivity contribution < 1.29 is 44.0 Å². The number of aliphatic carboxylic acids is 2. The number of fused-ring (bicyclic) bond motifs is 1. The lowest BCUT2D eigenvalue weighted by molar-refractivity contribution is -0.159. The number of imidazole rings is 1. The number of ether oxygens (including phenoxy) is 2. The van der Waals surface area contributed by atoms with Crippen LogP contribution in [0, 0.1) is 12.3 Å². The maximum absolute atomic E-state index is 12.3. The number of nitrogens with zero attached hydrogens (tertiary/aromatic N) is 4. The third kappa shape index (κ3) is 8.90. The van der Waals surface area contributed by atoms with Gasteiger partial charge in [0, 0.05) is 23.0 Å². The highest BCUT2D eigenvalue weighted by molar-refractivity contribution is 6.27. The molecule has 0 unspecified atom stereocenters. The summed E-state index contributed by atoms with van der Waals surface area (Å²) in [4.78, 5) is 51.0. The first-order valence-corrected chi connectivity index (χ1v) is 13.3. The summed E-state index contributed by atoms with van der Waals surface area (Å²) in [7, 11) is 0. The maximum Gasteiger partial charge on any atom is 0.511 e. The van der Waals surface area contributed by atoms with Gasteiger partial charge in [0.15, 0.2) is 0 Å². The van der Waals surface area contributed by atoms with E-state index < -0.39 is 18.1 Å². The molecule has 2 heterocycles. The Morgan fingerprint density at radius 3 is 2.27 bits per heavy atom. The van der Waals surface area contributed by atoms with Crippen molar-refractivity contribution in [2.24, 2.45) is 5.73 Å². The van der Waals surface area contributed by atoms with Crippen molar-refractivity contribution in [3.63, 3.8) is 0 Å². The van der Waals surface area contributed by atoms with Crippen LogP contribution in [0.15, 0.2) is 60.8 Å². The molecule has 0 aliphatic rings. The van der Waals surface area contributed by atoms with Gasteiger partial charge in [-0.15, -0.1) is 0 Å². The van der Waals surface area contributed by atoms with Gasteiger partial charge in [0.25, 0.3) is 0 Å². The molecule has 0 amide bonds. The Kier molecular flexibility index (Phi) is 11.3. The minimum Gasteiger partial charge on any atom is -0.473 e. The van der Waals surface area contributed by atoms with Crippen LogP contribution in [0.2, 0.25) is 0 Å². The molecule has 4 rings (SSSR count). The normalized spacial score (nSPS) is 10.3. The van der Waals surface area contributed by atoms with Gasteiger partial charge in [-0.2, -0.15) is 0 Å². The number of carbonyl (C=O) groups is 4. The van der Waals surface area contributed by atoms with Crippen molar-refractivity contribution in [2.45, 2.75) is 26.8 Å². The van der Waals surface area contributed by atoms with E-state index in [-0.39, 0.29) is 43.7 Å². The molecule has 0 bridgehead atoms. The molecule has 16 heteroatoms. The summed E-state index contributed by atoms with van der Waals surface area (Å²) in [5, 5.41) is 36.7. The first kappa shape index (κ1) is 33.3. The van der Waals surface area contributed by atoms with Crippen molar-refractivity contribution in [3.8, 4) is 5.75 Å². The number of carbonyl (C=O) groups excluding carboxylic acids is 1. The molecule has 7 N–H and O–H groups in total. The summed E-state index contributed by atoms with van der Waals surface area (Å²) in [6.07, 6.45) is 0.338. The van der Waals surface area contributed by atoms with Gasteiger partial charge in [-0.25, -0.2) is 29.0 Å². The van der Waals surface area contributed by atoms with Crippen molar-refractivity contribution in [2.75, 3.05) is 23.5 Å². The van der Waals surface area contributed by atoms with E-state index in [4.69, 9.17) is 50.5 Å². The summed E-state index contributed by atoms with van der Waals surface area (Å²) < 4.78 is 12.0. The number of hydrogen-bond acceptors (Lipinski definition) is 11. The molecule has 0 spiro atoms. The third-order valence-electron chi connectivity index (χ3n) is 6.09. The van der Waals surface area contributed by atoms with Crippen LogP contribution in [0.1, 0.15) is 30.3 Å². The lowest BCUT2D eigenvalue weighted by atomic mass is 10.2. The van der Waals surface area contributed by atoms with Gasteiger partial charge >= 0.3 is 24.1 Å². The zero-order chi connectivity index (χ0) is 33.1. The highest BCUT2D eigenvalue weighted by Gasteiger charge is 2.23.